The van der Waals surface area contributed by atoms with Gasteiger partial charge in [-0.2, -0.15) is 0 Å². The van der Waals surface area contributed by atoms with Crippen LogP contribution in [0.25, 0.3) is 10.6 Å². The molecule has 1 aliphatic rings. The number of thiazole rings is 1. The van der Waals surface area contributed by atoms with E-state index < -0.39 is 18.5 Å². The summed E-state index contributed by atoms with van der Waals surface area (Å²) in [7, 11) is 1.59. The van der Waals surface area contributed by atoms with Crippen molar-refractivity contribution in [2.24, 2.45) is 0 Å². The summed E-state index contributed by atoms with van der Waals surface area (Å²) in [5.41, 5.74) is 0.986. The van der Waals surface area contributed by atoms with E-state index >= 15 is 0 Å². The number of carbonyl (C=O) groups excluding carboxylic acids is 3. The molecule has 8 heteroatoms. The van der Waals surface area contributed by atoms with Crippen LogP contribution in [0.15, 0.2) is 29.6 Å². The molecule has 0 saturated carbocycles. The highest BCUT2D eigenvalue weighted by atomic mass is 32.1. The van der Waals surface area contributed by atoms with Gasteiger partial charge in [0.25, 0.3) is 5.91 Å². The number of methoxy groups -OCH3 is 1. The van der Waals surface area contributed by atoms with Gasteiger partial charge in [0.15, 0.2) is 12.3 Å². The van der Waals surface area contributed by atoms with Crippen LogP contribution < -0.4 is 4.74 Å². The fourth-order valence-electron chi connectivity index (χ4n) is 2.42. The van der Waals surface area contributed by atoms with Gasteiger partial charge in [-0.05, 0) is 30.7 Å². The summed E-state index contributed by atoms with van der Waals surface area (Å²) >= 11 is 1.30. The molecule has 1 aromatic heterocycles. The van der Waals surface area contributed by atoms with Gasteiger partial charge in [-0.3, -0.25) is 14.5 Å². The summed E-state index contributed by atoms with van der Waals surface area (Å²) in [5, 5.41) is 2.24. The van der Waals surface area contributed by atoms with E-state index in [-0.39, 0.29) is 11.6 Å². The summed E-state index contributed by atoms with van der Waals surface area (Å²) in [6, 6.07) is 7.30. The standard InChI is InChI=1S/C17H16N2O5S/c1-23-12-6-4-11(5-7-12)16-18-13(10-25-16)17(22)24-9-15(21)19-8-2-3-14(19)20/h4-7,10H,2-3,8-9H2,1H3. The Morgan fingerprint density at radius 1 is 1.28 bits per heavy atom. The first-order valence-electron chi connectivity index (χ1n) is 7.69. The molecule has 2 amide bonds. The molecule has 3 rings (SSSR count). The van der Waals surface area contributed by atoms with Gasteiger partial charge < -0.3 is 9.47 Å². The van der Waals surface area contributed by atoms with Gasteiger partial charge in [-0.1, -0.05) is 0 Å². The van der Waals surface area contributed by atoms with E-state index in [1.54, 1.807) is 24.6 Å². The zero-order chi connectivity index (χ0) is 17.8. The van der Waals surface area contributed by atoms with Crippen molar-refractivity contribution in [3.05, 3.63) is 35.3 Å². The molecule has 0 N–H and O–H groups in total. The summed E-state index contributed by atoms with van der Waals surface area (Å²) in [6.07, 6.45) is 1.01. The highest BCUT2D eigenvalue weighted by Crippen LogP contribution is 2.26. The van der Waals surface area contributed by atoms with Gasteiger partial charge in [0.1, 0.15) is 10.8 Å². The van der Waals surface area contributed by atoms with Crippen LogP contribution in [-0.4, -0.2) is 47.9 Å². The van der Waals surface area contributed by atoms with Gasteiger partial charge >= 0.3 is 5.97 Å². The second kappa shape index (κ2) is 7.43. The van der Waals surface area contributed by atoms with Crippen LogP contribution in [0.2, 0.25) is 0 Å². The lowest BCUT2D eigenvalue weighted by Crippen LogP contribution is -2.35. The van der Waals surface area contributed by atoms with Crippen molar-refractivity contribution in [2.45, 2.75) is 12.8 Å². The van der Waals surface area contributed by atoms with Crippen LogP contribution >= 0.6 is 11.3 Å². The van der Waals surface area contributed by atoms with Crippen LogP contribution in [0.1, 0.15) is 23.3 Å². The predicted octanol–water partition coefficient (Wildman–Crippen LogP) is 2.12. The summed E-state index contributed by atoms with van der Waals surface area (Å²) < 4.78 is 10.1. The van der Waals surface area contributed by atoms with Crippen LogP contribution in [-0.2, 0) is 14.3 Å². The predicted molar refractivity (Wildman–Crippen MR) is 90.3 cm³/mol. The largest absolute Gasteiger partial charge is 0.497 e. The first kappa shape index (κ1) is 17.1. The highest BCUT2D eigenvalue weighted by Gasteiger charge is 2.27. The van der Waals surface area contributed by atoms with Gasteiger partial charge in [0, 0.05) is 23.9 Å². The first-order chi connectivity index (χ1) is 12.1. The Balaban J connectivity index is 1.60. The number of amides is 2. The van der Waals surface area contributed by atoms with E-state index in [4.69, 9.17) is 9.47 Å². The number of imide groups is 1. The maximum atomic E-state index is 12.0. The van der Waals surface area contributed by atoms with Gasteiger partial charge in [0.05, 0.1) is 7.11 Å². The fourth-order valence-corrected chi connectivity index (χ4v) is 3.22. The van der Waals surface area contributed by atoms with Crippen molar-refractivity contribution in [1.29, 1.82) is 0 Å². The number of hydrogen-bond donors (Lipinski definition) is 0. The fraction of sp³-hybridized carbons (Fsp3) is 0.294. The topological polar surface area (TPSA) is 85.8 Å². The van der Waals surface area contributed by atoms with Crippen molar-refractivity contribution in [1.82, 2.24) is 9.88 Å². The normalized spacial score (nSPS) is 13.8. The molecule has 0 atom stereocenters. The number of likely N-dealkylation sites (tertiary alicyclic amines) is 1. The van der Waals surface area contributed by atoms with Gasteiger partial charge in [0.2, 0.25) is 5.91 Å². The average Bonchev–Trinajstić information content (AvgIpc) is 3.28. The molecule has 0 aliphatic carbocycles. The quantitative estimate of drug-likeness (QED) is 0.759. The Hall–Kier alpha value is -2.74. The second-order valence-corrected chi connectivity index (χ2v) is 6.24. The molecule has 1 saturated heterocycles. The lowest BCUT2D eigenvalue weighted by molar-refractivity contribution is -0.143. The maximum Gasteiger partial charge on any atom is 0.358 e. The molecule has 0 bridgehead atoms. The molecular weight excluding hydrogens is 344 g/mol. The lowest BCUT2D eigenvalue weighted by Gasteiger charge is -2.12. The second-order valence-electron chi connectivity index (χ2n) is 5.39. The monoisotopic (exact) mass is 360 g/mol. The molecule has 130 valence electrons. The third-order valence-corrected chi connectivity index (χ3v) is 4.64. The van der Waals surface area contributed by atoms with Crippen LogP contribution in [0.5, 0.6) is 5.75 Å². The minimum absolute atomic E-state index is 0.136. The van der Waals surface area contributed by atoms with Crippen molar-refractivity contribution in [3.63, 3.8) is 0 Å². The SMILES string of the molecule is COc1ccc(-c2nc(C(=O)OCC(=O)N3CCCC3=O)cs2)cc1. The molecule has 1 fully saturated rings. The molecule has 0 spiro atoms. The van der Waals surface area contributed by atoms with E-state index in [0.29, 0.717) is 24.4 Å². The first-order valence-corrected chi connectivity index (χ1v) is 8.56. The summed E-state index contributed by atoms with van der Waals surface area (Å²) in [4.78, 5) is 40.8. The molecule has 0 radical (unpaired) electrons. The zero-order valence-electron chi connectivity index (χ0n) is 13.6. The molecule has 2 aromatic rings. The van der Waals surface area contributed by atoms with E-state index in [9.17, 15) is 14.4 Å². The number of nitrogens with zero attached hydrogens (tertiary/aromatic N) is 2. The molecule has 1 aliphatic heterocycles. The smallest absolute Gasteiger partial charge is 0.358 e. The van der Waals surface area contributed by atoms with Crippen LogP contribution in [0.4, 0.5) is 0 Å². The molecule has 1 aromatic carbocycles. The summed E-state index contributed by atoms with van der Waals surface area (Å²) in [6.45, 7) is -0.0759. The van der Waals surface area contributed by atoms with Gasteiger partial charge in [-0.15, -0.1) is 11.3 Å². The minimum atomic E-state index is -0.684. The molecule has 2 heterocycles. The summed E-state index contributed by atoms with van der Waals surface area (Å²) in [5.74, 6) is -0.677. The van der Waals surface area contributed by atoms with Crippen molar-refractivity contribution in [3.8, 4) is 16.3 Å². The lowest BCUT2D eigenvalue weighted by atomic mass is 10.2. The van der Waals surface area contributed by atoms with E-state index in [0.717, 1.165) is 16.2 Å². The number of benzene rings is 1. The Labute approximate surface area is 148 Å². The molecule has 25 heavy (non-hydrogen) atoms. The van der Waals surface area contributed by atoms with Crippen LogP contribution in [0, 0.1) is 0 Å². The number of aromatic nitrogens is 1. The van der Waals surface area contributed by atoms with Crippen molar-refractivity contribution in [2.75, 3.05) is 20.3 Å². The Morgan fingerprint density at radius 2 is 2.04 bits per heavy atom. The van der Waals surface area contributed by atoms with E-state index in [2.05, 4.69) is 4.98 Å². The van der Waals surface area contributed by atoms with Gasteiger partial charge in [-0.25, -0.2) is 9.78 Å². The van der Waals surface area contributed by atoms with Crippen molar-refractivity contribution >= 4 is 29.1 Å². The van der Waals surface area contributed by atoms with E-state index in [1.165, 1.54) is 11.3 Å². The average molecular weight is 360 g/mol. The number of esters is 1. The number of hydrogen-bond acceptors (Lipinski definition) is 7. The minimum Gasteiger partial charge on any atom is -0.497 e. The third-order valence-electron chi connectivity index (χ3n) is 3.75. The zero-order valence-corrected chi connectivity index (χ0v) is 14.4. The maximum absolute atomic E-state index is 12.0. The number of rotatable bonds is 5. The molecule has 0 unspecified atom stereocenters. The van der Waals surface area contributed by atoms with E-state index in [1.807, 2.05) is 12.1 Å². The number of ether oxygens (including phenoxy) is 2. The van der Waals surface area contributed by atoms with Crippen LogP contribution in [0.3, 0.4) is 0 Å². The molecular formula is C17H16N2O5S. The number of carbonyl (C=O) groups is 3. The molecule has 7 nitrogen and oxygen atoms in total. The Bertz CT molecular complexity index is 800. The third kappa shape index (κ3) is 3.85. The Morgan fingerprint density at radius 3 is 2.68 bits per heavy atom. The highest BCUT2D eigenvalue weighted by molar-refractivity contribution is 7.13. The Kier molecular flexibility index (Phi) is 5.08. The van der Waals surface area contributed by atoms with Crippen molar-refractivity contribution < 1.29 is 23.9 Å².